The zero-order chi connectivity index (χ0) is 12.4. The fraction of sp³-hybridized carbons (Fsp3) is 0.0714. The lowest BCUT2D eigenvalue weighted by atomic mass is 9.99. The molecule has 0 aliphatic rings. The second-order valence-corrected chi connectivity index (χ2v) is 4.67. The van der Waals surface area contributed by atoms with Crippen LogP contribution in [0.1, 0.15) is 21.5 Å². The Morgan fingerprint density at radius 3 is 2.47 bits per heavy atom. The molecule has 2 aromatic rings. The van der Waals surface area contributed by atoms with Gasteiger partial charge in [0.25, 0.3) is 0 Å². The van der Waals surface area contributed by atoms with Gasteiger partial charge >= 0.3 is 0 Å². The van der Waals surface area contributed by atoms with Crippen LogP contribution >= 0.6 is 24.2 Å². The summed E-state index contributed by atoms with van der Waals surface area (Å²) in [6, 6.07) is 12.7. The Morgan fingerprint density at radius 1 is 1.12 bits per heavy atom. The number of hydrogen-bond acceptors (Lipinski definition) is 2. The summed E-state index contributed by atoms with van der Waals surface area (Å²) in [6.07, 6.45) is 0. The first-order valence-electron chi connectivity index (χ1n) is 5.19. The van der Waals surface area contributed by atoms with Gasteiger partial charge in [-0.1, -0.05) is 35.9 Å². The van der Waals surface area contributed by atoms with E-state index in [-0.39, 0.29) is 5.78 Å². The molecule has 0 saturated carbocycles. The number of ketones is 1. The van der Waals surface area contributed by atoms with Crippen LogP contribution in [-0.2, 0) is 0 Å². The SMILES string of the molecule is Cc1cccc(Cl)c1C(=O)c1ccccc1S. The van der Waals surface area contributed by atoms with Crippen LogP contribution in [0.3, 0.4) is 0 Å². The molecular weight excluding hydrogens is 252 g/mol. The van der Waals surface area contributed by atoms with Gasteiger partial charge in [0, 0.05) is 16.0 Å². The van der Waals surface area contributed by atoms with Crippen LogP contribution in [0.2, 0.25) is 5.02 Å². The number of aryl methyl sites for hydroxylation is 1. The fourth-order valence-electron chi connectivity index (χ4n) is 1.72. The minimum Gasteiger partial charge on any atom is -0.289 e. The van der Waals surface area contributed by atoms with Crippen LogP contribution in [0, 0.1) is 6.92 Å². The highest BCUT2D eigenvalue weighted by atomic mass is 35.5. The maximum atomic E-state index is 12.4. The molecule has 0 N–H and O–H groups in total. The van der Waals surface area contributed by atoms with Crippen molar-refractivity contribution in [3.63, 3.8) is 0 Å². The Kier molecular flexibility index (Phi) is 3.55. The molecule has 0 fully saturated rings. The van der Waals surface area contributed by atoms with Crippen molar-refractivity contribution in [1.29, 1.82) is 0 Å². The van der Waals surface area contributed by atoms with E-state index in [2.05, 4.69) is 12.6 Å². The van der Waals surface area contributed by atoms with E-state index < -0.39 is 0 Å². The summed E-state index contributed by atoms with van der Waals surface area (Å²) >= 11 is 10.4. The van der Waals surface area contributed by atoms with Gasteiger partial charge < -0.3 is 0 Å². The summed E-state index contributed by atoms with van der Waals surface area (Å²) in [5.74, 6) is -0.0845. The summed E-state index contributed by atoms with van der Waals surface area (Å²) in [5, 5.41) is 0.478. The molecule has 0 heterocycles. The van der Waals surface area contributed by atoms with Gasteiger partial charge in [-0.3, -0.25) is 4.79 Å². The molecule has 0 spiro atoms. The molecule has 1 nitrogen and oxygen atoms in total. The number of rotatable bonds is 2. The van der Waals surface area contributed by atoms with Crippen molar-refractivity contribution in [2.45, 2.75) is 11.8 Å². The van der Waals surface area contributed by atoms with Gasteiger partial charge in [0.15, 0.2) is 5.78 Å². The molecule has 2 rings (SSSR count). The molecule has 2 aromatic carbocycles. The maximum absolute atomic E-state index is 12.4. The maximum Gasteiger partial charge on any atom is 0.195 e. The number of carbonyl (C=O) groups is 1. The van der Waals surface area contributed by atoms with Crippen LogP contribution in [-0.4, -0.2) is 5.78 Å². The highest BCUT2D eigenvalue weighted by molar-refractivity contribution is 7.80. The fourth-order valence-corrected chi connectivity index (χ4v) is 2.29. The van der Waals surface area contributed by atoms with Crippen LogP contribution in [0.5, 0.6) is 0 Å². The number of thiol groups is 1. The zero-order valence-corrected chi connectivity index (χ0v) is 10.9. The second-order valence-electron chi connectivity index (χ2n) is 3.78. The molecule has 0 saturated heterocycles. The minimum absolute atomic E-state index is 0.0845. The molecule has 0 aliphatic heterocycles. The Balaban J connectivity index is 2.56. The molecule has 0 radical (unpaired) electrons. The highest BCUT2D eigenvalue weighted by Crippen LogP contribution is 2.25. The average Bonchev–Trinajstić information content (AvgIpc) is 2.29. The monoisotopic (exact) mass is 262 g/mol. The van der Waals surface area contributed by atoms with Crippen molar-refractivity contribution >= 4 is 30.0 Å². The lowest BCUT2D eigenvalue weighted by Gasteiger charge is -2.08. The molecule has 0 bridgehead atoms. The third-order valence-electron chi connectivity index (χ3n) is 2.60. The molecule has 0 aromatic heterocycles. The van der Waals surface area contributed by atoms with Gasteiger partial charge in [-0.25, -0.2) is 0 Å². The highest BCUT2D eigenvalue weighted by Gasteiger charge is 2.16. The molecule has 86 valence electrons. The predicted molar refractivity (Wildman–Crippen MR) is 73.3 cm³/mol. The smallest absolute Gasteiger partial charge is 0.195 e. The normalized spacial score (nSPS) is 10.3. The van der Waals surface area contributed by atoms with E-state index >= 15 is 0 Å². The van der Waals surface area contributed by atoms with Crippen LogP contribution in [0.25, 0.3) is 0 Å². The topological polar surface area (TPSA) is 17.1 Å². The zero-order valence-electron chi connectivity index (χ0n) is 9.27. The van der Waals surface area contributed by atoms with Gasteiger partial charge in [-0.2, -0.15) is 0 Å². The van der Waals surface area contributed by atoms with Crippen molar-refractivity contribution in [2.75, 3.05) is 0 Å². The Morgan fingerprint density at radius 2 is 1.82 bits per heavy atom. The second kappa shape index (κ2) is 4.94. The van der Waals surface area contributed by atoms with Crippen LogP contribution in [0.15, 0.2) is 47.4 Å². The quantitative estimate of drug-likeness (QED) is 0.635. The van der Waals surface area contributed by atoms with Crippen LogP contribution in [0.4, 0.5) is 0 Å². The first kappa shape index (κ1) is 12.2. The molecule has 17 heavy (non-hydrogen) atoms. The van der Waals surface area contributed by atoms with Gasteiger partial charge in [0.1, 0.15) is 0 Å². The molecule has 3 heteroatoms. The molecule has 0 atom stereocenters. The third-order valence-corrected chi connectivity index (χ3v) is 3.30. The van der Waals surface area contributed by atoms with E-state index in [1.165, 1.54) is 0 Å². The minimum atomic E-state index is -0.0845. The summed E-state index contributed by atoms with van der Waals surface area (Å²) in [6.45, 7) is 1.88. The van der Waals surface area contributed by atoms with E-state index in [1.807, 2.05) is 31.2 Å². The van der Waals surface area contributed by atoms with Crippen molar-refractivity contribution in [1.82, 2.24) is 0 Å². The van der Waals surface area contributed by atoms with Gasteiger partial charge in [-0.05, 0) is 30.7 Å². The van der Waals surface area contributed by atoms with Crippen molar-refractivity contribution < 1.29 is 4.79 Å². The van der Waals surface area contributed by atoms with Crippen molar-refractivity contribution in [3.8, 4) is 0 Å². The van der Waals surface area contributed by atoms with E-state index in [4.69, 9.17) is 11.6 Å². The van der Waals surface area contributed by atoms with Gasteiger partial charge in [0.2, 0.25) is 0 Å². The lowest BCUT2D eigenvalue weighted by molar-refractivity contribution is 0.103. The van der Waals surface area contributed by atoms with Crippen LogP contribution < -0.4 is 0 Å². The number of carbonyl (C=O) groups excluding carboxylic acids is 1. The Bertz CT molecular complexity index is 558. The van der Waals surface area contributed by atoms with Gasteiger partial charge in [0.05, 0.1) is 5.02 Å². The Hall–Kier alpha value is -1.25. The summed E-state index contributed by atoms with van der Waals surface area (Å²) in [5.41, 5.74) is 2.00. The Labute approximate surface area is 111 Å². The first-order valence-corrected chi connectivity index (χ1v) is 6.01. The average molecular weight is 263 g/mol. The summed E-state index contributed by atoms with van der Waals surface area (Å²) < 4.78 is 0. The lowest BCUT2D eigenvalue weighted by Crippen LogP contribution is -2.05. The van der Waals surface area contributed by atoms with Gasteiger partial charge in [-0.15, -0.1) is 12.6 Å². The largest absolute Gasteiger partial charge is 0.289 e. The molecule has 0 amide bonds. The van der Waals surface area contributed by atoms with E-state index in [9.17, 15) is 4.79 Å². The van der Waals surface area contributed by atoms with E-state index in [1.54, 1.807) is 18.2 Å². The molecular formula is C14H11ClOS. The predicted octanol–water partition coefficient (Wildman–Crippen LogP) is 4.17. The molecule has 0 aliphatic carbocycles. The standard InChI is InChI=1S/C14H11ClOS/c1-9-5-4-7-11(15)13(9)14(16)10-6-2-3-8-12(10)17/h2-8,17H,1H3. The van der Waals surface area contributed by atoms with E-state index in [0.717, 1.165) is 5.56 Å². The van der Waals surface area contributed by atoms with Crippen molar-refractivity contribution in [3.05, 3.63) is 64.2 Å². The van der Waals surface area contributed by atoms with E-state index in [0.29, 0.717) is 21.0 Å². The number of hydrogen-bond donors (Lipinski definition) is 1. The number of benzene rings is 2. The number of halogens is 1. The molecule has 0 unspecified atom stereocenters. The van der Waals surface area contributed by atoms with Crippen molar-refractivity contribution in [2.24, 2.45) is 0 Å². The summed E-state index contributed by atoms with van der Waals surface area (Å²) in [7, 11) is 0. The third kappa shape index (κ3) is 2.38. The first-order chi connectivity index (χ1) is 8.11. The summed E-state index contributed by atoms with van der Waals surface area (Å²) in [4.78, 5) is 13.0.